The zero-order valence-corrected chi connectivity index (χ0v) is 22.5. The number of nitrogens with zero attached hydrogens (tertiary/aromatic N) is 4. The molecule has 34 heavy (non-hydrogen) atoms. The van der Waals surface area contributed by atoms with Crippen LogP contribution in [0.4, 0.5) is 5.82 Å². The van der Waals surface area contributed by atoms with Crippen LogP contribution >= 0.6 is 22.9 Å². The molecule has 9 heteroatoms. The van der Waals surface area contributed by atoms with Crippen LogP contribution in [0, 0.1) is 0 Å². The SMILES string of the molecule is O=C(COc1ccc(Cl)cc1)N1CCCN(c2nc([AsH2])nc3sc(-c4ccccc4)cc23)CC1. The van der Waals surface area contributed by atoms with Gasteiger partial charge in [-0.1, -0.05) is 11.6 Å². The first-order valence-electron chi connectivity index (χ1n) is 11.1. The van der Waals surface area contributed by atoms with E-state index in [2.05, 4.69) is 35.2 Å². The van der Waals surface area contributed by atoms with Crippen molar-refractivity contribution in [3.63, 3.8) is 0 Å². The molecule has 1 amide bonds. The van der Waals surface area contributed by atoms with Gasteiger partial charge in [0.15, 0.2) is 0 Å². The maximum atomic E-state index is 12.8. The van der Waals surface area contributed by atoms with Gasteiger partial charge in [0.25, 0.3) is 0 Å². The fourth-order valence-corrected chi connectivity index (χ4v) is 5.94. The first-order valence-corrected chi connectivity index (χ1v) is 13.5. The minimum absolute atomic E-state index is 0.00829. The zero-order valence-electron chi connectivity index (χ0n) is 18.5. The molecular weight excluding hydrogens is 531 g/mol. The van der Waals surface area contributed by atoms with Crippen LogP contribution in [0.1, 0.15) is 6.42 Å². The summed E-state index contributed by atoms with van der Waals surface area (Å²) in [5.74, 6) is 1.60. The maximum absolute atomic E-state index is 12.8. The van der Waals surface area contributed by atoms with Crippen LogP contribution in [0.5, 0.6) is 5.75 Å². The standard InChI is InChI=1S/C25H24AsClN4O2S/c26-25-28-23(20-15-21(34-24(20)29-25)17-5-2-1-3-6-17)31-12-4-11-30(13-14-31)22(32)16-33-19-9-7-18(27)8-10-19/h1-3,5-10,15H,4,11-14,16,26H2. The van der Waals surface area contributed by atoms with Crippen molar-refractivity contribution in [2.45, 2.75) is 6.42 Å². The number of amides is 1. The molecule has 0 N–H and O–H groups in total. The Morgan fingerprint density at radius 3 is 2.62 bits per heavy atom. The van der Waals surface area contributed by atoms with E-state index < -0.39 is 0 Å². The summed E-state index contributed by atoms with van der Waals surface area (Å²) in [6, 6.07) is 19.6. The number of carbonyl (C=O) groups excluding carboxylic acids is 1. The normalized spacial score (nSPS) is 14.3. The molecule has 0 bridgehead atoms. The molecule has 6 nitrogen and oxygen atoms in total. The summed E-state index contributed by atoms with van der Waals surface area (Å²) in [5.41, 5.74) is 1.19. The number of hydrogen-bond donors (Lipinski definition) is 0. The van der Waals surface area contributed by atoms with Crippen LogP contribution in [0.3, 0.4) is 0 Å². The summed E-state index contributed by atoms with van der Waals surface area (Å²) in [5, 5.41) is 1.72. The summed E-state index contributed by atoms with van der Waals surface area (Å²) in [6.07, 6.45) is 0.873. The molecule has 1 fully saturated rings. The number of rotatable bonds is 5. The van der Waals surface area contributed by atoms with E-state index >= 15 is 0 Å². The molecule has 1 unspecified atom stereocenters. The fourth-order valence-electron chi connectivity index (χ4n) is 4.05. The monoisotopic (exact) mass is 554 g/mol. The predicted octanol–water partition coefficient (Wildman–Crippen LogP) is 3.39. The molecule has 174 valence electrons. The van der Waals surface area contributed by atoms with Gasteiger partial charge in [-0.15, -0.1) is 0 Å². The number of benzene rings is 2. The Morgan fingerprint density at radius 2 is 1.82 bits per heavy atom. The van der Waals surface area contributed by atoms with Crippen LogP contribution < -0.4 is 14.2 Å². The van der Waals surface area contributed by atoms with Gasteiger partial charge in [0.2, 0.25) is 0 Å². The molecule has 0 radical (unpaired) electrons. The van der Waals surface area contributed by atoms with E-state index in [9.17, 15) is 4.79 Å². The first-order chi connectivity index (χ1) is 16.6. The fraction of sp³-hybridized carbons (Fsp3) is 0.240. The van der Waals surface area contributed by atoms with Gasteiger partial charge < -0.3 is 0 Å². The first kappa shape index (κ1) is 23.2. The number of halogens is 1. The zero-order chi connectivity index (χ0) is 23.5. The van der Waals surface area contributed by atoms with Gasteiger partial charge in [0.1, 0.15) is 0 Å². The average Bonchev–Trinajstić information content (AvgIpc) is 3.12. The molecule has 1 aliphatic rings. The van der Waals surface area contributed by atoms with Crippen molar-refractivity contribution in [2.75, 3.05) is 37.7 Å². The summed E-state index contributed by atoms with van der Waals surface area (Å²) >= 11 is 9.04. The Labute approximate surface area is 216 Å². The van der Waals surface area contributed by atoms with Crippen molar-refractivity contribution < 1.29 is 9.53 Å². The molecule has 0 aliphatic carbocycles. The van der Waals surface area contributed by atoms with Crippen molar-refractivity contribution in [1.29, 1.82) is 0 Å². The van der Waals surface area contributed by atoms with Gasteiger partial charge in [-0.2, -0.15) is 0 Å². The van der Waals surface area contributed by atoms with Crippen molar-refractivity contribution in [3.05, 3.63) is 65.7 Å². The minimum atomic E-state index is -0.00829. The Hall–Kier alpha value is -2.60. The summed E-state index contributed by atoms with van der Waals surface area (Å²) < 4.78 is 6.49. The molecule has 1 saturated heterocycles. The van der Waals surface area contributed by atoms with E-state index in [4.69, 9.17) is 26.3 Å². The number of carbonyl (C=O) groups is 1. The molecular formula is C25H24AsClN4O2S. The van der Waals surface area contributed by atoms with E-state index in [-0.39, 0.29) is 12.5 Å². The van der Waals surface area contributed by atoms with Gasteiger partial charge >= 0.3 is 188 Å². The molecule has 5 rings (SSSR count). The molecule has 3 heterocycles. The third-order valence-electron chi connectivity index (χ3n) is 5.77. The third-order valence-corrected chi connectivity index (χ3v) is 7.64. The number of hydrogen-bond acceptors (Lipinski definition) is 6. The number of ether oxygens (including phenoxy) is 1. The van der Waals surface area contributed by atoms with Crippen LogP contribution in [0.15, 0.2) is 60.7 Å². The van der Waals surface area contributed by atoms with E-state index in [1.807, 2.05) is 11.0 Å². The summed E-state index contributed by atoms with van der Waals surface area (Å²) in [6.45, 7) is 2.92. The quantitative estimate of drug-likeness (QED) is 0.354. The van der Waals surface area contributed by atoms with E-state index in [1.165, 1.54) is 27.3 Å². The number of anilines is 1. The Morgan fingerprint density at radius 1 is 1.03 bits per heavy atom. The molecule has 1 atom stereocenters. The van der Waals surface area contributed by atoms with Crippen LogP contribution in [-0.2, 0) is 4.79 Å². The van der Waals surface area contributed by atoms with Crippen molar-refractivity contribution in [3.8, 4) is 16.2 Å². The van der Waals surface area contributed by atoms with Crippen LogP contribution in [0.2, 0.25) is 5.02 Å². The Balaban J connectivity index is 1.30. The average molecular weight is 555 g/mol. The van der Waals surface area contributed by atoms with Gasteiger partial charge in [0.05, 0.1) is 0 Å². The van der Waals surface area contributed by atoms with E-state index in [1.54, 1.807) is 35.6 Å². The van der Waals surface area contributed by atoms with Crippen molar-refractivity contribution >= 4 is 66.3 Å². The van der Waals surface area contributed by atoms with Gasteiger partial charge in [-0.05, 0) is 12.1 Å². The second-order valence-electron chi connectivity index (χ2n) is 8.06. The van der Waals surface area contributed by atoms with E-state index in [0.29, 0.717) is 23.9 Å². The third kappa shape index (κ3) is 5.22. The van der Waals surface area contributed by atoms with Crippen molar-refractivity contribution in [1.82, 2.24) is 14.9 Å². The second-order valence-corrected chi connectivity index (χ2v) is 10.6. The van der Waals surface area contributed by atoms with E-state index in [0.717, 1.165) is 40.2 Å². The number of thiophene rings is 1. The van der Waals surface area contributed by atoms with Crippen molar-refractivity contribution in [2.24, 2.45) is 0 Å². The predicted molar refractivity (Wildman–Crippen MR) is 141 cm³/mol. The molecule has 0 saturated carbocycles. The second kappa shape index (κ2) is 10.3. The molecule has 2 aromatic heterocycles. The van der Waals surface area contributed by atoms with Gasteiger partial charge in [-0.3, -0.25) is 0 Å². The van der Waals surface area contributed by atoms with Crippen LogP contribution in [0.25, 0.3) is 20.7 Å². The summed E-state index contributed by atoms with van der Waals surface area (Å²) in [7, 11) is 0. The number of fused-ring (bicyclic) bond motifs is 1. The Bertz CT molecular complexity index is 1300. The molecule has 1 aliphatic heterocycles. The van der Waals surface area contributed by atoms with Gasteiger partial charge in [-0.25, -0.2) is 0 Å². The molecule has 4 aromatic rings. The van der Waals surface area contributed by atoms with Crippen LogP contribution in [-0.4, -0.2) is 70.4 Å². The Kier molecular flexibility index (Phi) is 7.04. The summed E-state index contributed by atoms with van der Waals surface area (Å²) in [4.78, 5) is 28.7. The topological polar surface area (TPSA) is 58.6 Å². The molecule has 0 spiro atoms. The molecule has 2 aromatic carbocycles. The number of aromatic nitrogens is 2. The van der Waals surface area contributed by atoms with Gasteiger partial charge in [0, 0.05) is 5.02 Å².